The van der Waals surface area contributed by atoms with Crippen molar-refractivity contribution in [2.45, 2.75) is 13.1 Å². The molecule has 1 aliphatic rings. The van der Waals surface area contributed by atoms with E-state index in [2.05, 4.69) is 10.3 Å². The number of imide groups is 1. The Bertz CT molecular complexity index is 989. The Balaban J connectivity index is 1.70. The first kappa shape index (κ1) is 15.0. The Morgan fingerprint density at radius 1 is 1.04 bits per heavy atom. The Kier molecular flexibility index (Phi) is 3.31. The van der Waals surface area contributed by atoms with Crippen LogP contribution in [0, 0.1) is 0 Å². The SMILES string of the molecule is O=C(O)Cn1cc(CN2C(=O)c3cccc4cccc(c34)C2=O)nn1. The van der Waals surface area contributed by atoms with Gasteiger partial charge in [-0.05, 0) is 17.5 Å². The highest BCUT2D eigenvalue weighted by Crippen LogP contribution is 2.30. The van der Waals surface area contributed by atoms with Gasteiger partial charge in [-0.2, -0.15) is 0 Å². The van der Waals surface area contributed by atoms with E-state index in [4.69, 9.17) is 5.11 Å². The van der Waals surface area contributed by atoms with Crippen LogP contribution in [0.1, 0.15) is 26.4 Å². The van der Waals surface area contributed by atoms with Gasteiger partial charge in [0.25, 0.3) is 11.8 Å². The molecule has 0 fully saturated rings. The second-order valence-corrected chi connectivity index (χ2v) is 5.71. The molecule has 1 aliphatic heterocycles. The number of carboxylic acids is 1. The van der Waals surface area contributed by atoms with Crippen LogP contribution in [-0.2, 0) is 17.9 Å². The van der Waals surface area contributed by atoms with Crippen LogP contribution >= 0.6 is 0 Å². The lowest BCUT2D eigenvalue weighted by Crippen LogP contribution is -2.39. The first-order valence-corrected chi connectivity index (χ1v) is 7.53. The number of amides is 2. The number of nitrogens with zero attached hydrogens (tertiary/aromatic N) is 4. The Morgan fingerprint density at radius 3 is 2.28 bits per heavy atom. The molecule has 0 saturated carbocycles. The summed E-state index contributed by atoms with van der Waals surface area (Å²) in [6.07, 6.45) is 1.41. The molecule has 0 aliphatic carbocycles. The lowest BCUT2D eigenvalue weighted by molar-refractivity contribution is -0.137. The van der Waals surface area contributed by atoms with Gasteiger partial charge < -0.3 is 5.11 Å². The van der Waals surface area contributed by atoms with Crippen LogP contribution in [0.5, 0.6) is 0 Å². The summed E-state index contributed by atoms with van der Waals surface area (Å²) in [5.74, 6) is -1.86. The molecule has 0 atom stereocenters. The number of hydrogen-bond donors (Lipinski definition) is 1. The Hall–Kier alpha value is -3.55. The van der Waals surface area contributed by atoms with Crippen molar-refractivity contribution in [3.63, 3.8) is 0 Å². The van der Waals surface area contributed by atoms with E-state index in [0.717, 1.165) is 15.0 Å². The number of aromatic nitrogens is 3. The Labute approximate surface area is 141 Å². The number of aliphatic carboxylic acids is 1. The lowest BCUT2D eigenvalue weighted by atomic mass is 9.94. The van der Waals surface area contributed by atoms with Crippen LogP contribution in [0.2, 0.25) is 0 Å². The quantitative estimate of drug-likeness (QED) is 0.720. The molecule has 4 rings (SSSR count). The lowest BCUT2D eigenvalue weighted by Gasteiger charge is -2.26. The normalized spacial score (nSPS) is 13.5. The van der Waals surface area contributed by atoms with Crippen molar-refractivity contribution < 1.29 is 19.5 Å². The summed E-state index contributed by atoms with van der Waals surface area (Å²) in [6.45, 7) is -0.404. The van der Waals surface area contributed by atoms with Gasteiger partial charge in [-0.25, -0.2) is 4.68 Å². The number of rotatable bonds is 4. The standard InChI is InChI=1S/C17H12N4O4/c22-14(23)9-20-7-11(18-19-20)8-21-16(24)12-5-1-3-10-4-2-6-13(15(10)12)17(21)25/h1-7H,8-9H2,(H,22,23). The summed E-state index contributed by atoms with van der Waals surface area (Å²) in [5, 5.41) is 17.8. The molecule has 1 N–H and O–H groups in total. The second kappa shape index (κ2) is 5.52. The number of carbonyl (C=O) groups excluding carboxylic acids is 2. The fourth-order valence-corrected chi connectivity index (χ4v) is 3.01. The summed E-state index contributed by atoms with van der Waals surface area (Å²) in [7, 11) is 0. The minimum absolute atomic E-state index is 0.0675. The van der Waals surface area contributed by atoms with E-state index in [-0.39, 0.29) is 13.1 Å². The predicted molar refractivity (Wildman–Crippen MR) is 85.8 cm³/mol. The monoisotopic (exact) mass is 336 g/mol. The van der Waals surface area contributed by atoms with E-state index in [1.807, 2.05) is 12.1 Å². The minimum atomic E-state index is -1.05. The maximum atomic E-state index is 12.8. The van der Waals surface area contributed by atoms with Gasteiger partial charge in [0.05, 0.1) is 12.7 Å². The van der Waals surface area contributed by atoms with E-state index >= 15 is 0 Å². The van der Waals surface area contributed by atoms with Crippen LogP contribution in [0.4, 0.5) is 0 Å². The highest BCUT2D eigenvalue weighted by atomic mass is 16.4. The molecule has 0 unspecified atom stereocenters. The zero-order valence-electron chi connectivity index (χ0n) is 12.9. The number of benzene rings is 2. The van der Waals surface area contributed by atoms with Gasteiger partial charge in [0.2, 0.25) is 0 Å². The molecule has 0 saturated heterocycles. The van der Waals surface area contributed by atoms with Crippen molar-refractivity contribution in [2.75, 3.05) is 0 Å². The maximum Gasteiger partial charge on any atom is 0.325 e. The molecule has 3 aromatic rings. The first-order valence-electron chi connectivity index (χ1n) is 7.53. The third-order valence-corrected chi connectivity index (χ3v) is 4.06. The van der Waals surface area contributed by atoms with E-state index in [9.17, 15) is 14.4 Å². The van der Waals surface area contributed by atoms with Crippen LogP contribution < -0.4 is 0 Å². The predicted octanol–water partition coefficient (Wildman–Crippen LogP) is 1.31. The summed E-state index contributed by atoms with van der Waals surface area (Å²) in [6, 6.07) is 10.6. The van der Waals surface area contributed by atoms with Gasteiger partial charge in [-0.3, -0.25) is 19.3 Å². The van der Waals surface area contributed by atoms with Gasteiger partial charge in [-0.15, -0.1) is 5.10 Å². The van der Waals surface area contributed by atoms with Crippen molar-refractivity contribution in [1.82, 2.24) is 19.9 Å². The summed E-state index contributed by atoms with van der Waals surface area (Å²) in [5.41, 5.74) is 1.27. The largest absolute Gasteiger partial charge is 0.480 e. The number of carboxylic acid groups (broad SMARTS) is 1. The average molecular weight is 336 g/mol. The fraction of sp³-hybridized carbons (Fsp3) is 0.118. The molecule has 0 bridgehead atoms. The molecule has 1 aromatic heterocycles. The van der Waals surface area contributed by atoms with Gasteiger partial charge in [0, 0.05) is 16.5 Å². The highest BCUT2D eigenvalue weighted by molar-refractivity contribution is 6.25. The summed E-state index contributed by atoms with van der Waals surface area (Å²) in [4.78, 5) is 37.3. The van der Waals surface area contributed by atoms with Crippen LogP contribution in [0.25, 0.3) is 10.8 Å². The third kappa shape index (κ3) is 2.44. The van der Waals surface area contributed by atoms with Gasteiger partial charge >= 0.3 is 5.97 Å². The van der Waals surface area contributed by atoms with Crippen molar-refractivity contribution in [2.24, 2.45) is 0 Å². The fourth-order valence-electron chi connectivity index (χ4n) is 3.01. The summed E-state index contributed by atoms with van der Waals surface area (Å²) >= 11 is 0. The topological polar surface area (TPSA) is 105 Å². The molecule has 2 aromatic carbocycles. The maximum absolute atomic E-state index is 12.8. The van der Waals surface area contributed by atoms with Crippen LogP contribution in [0.15, 0.2) is 42.6 Å². The first-order chi connectivity index (χ1) is 12.0. The number of hydrogen-bond acceptors (Lipinski definition) is 5. The van der Waals surface area contributed by atoms with Gasteiger partial charge in [0.1, 0.15) is 12.2 Å². The molecule has 0 spiro atoms. The third-order valence-electron chi connectivity index (χ3n) is 4.06. The van der Waals surface area contributed by atoms with E-state index in [1.165, 1.54) is 6.20 Å². The van der Waals surface area contributed by atoms with Crippen molar-refractivity contribution in [3.8, 4) is 0 Å². The summed E-state index contributed by atoms with van der Waals surface area (Å²) < 4.78 is 1.14. The van der Waals surface area contributed by atoms with Crippen LogP contribution in [0.3, 0.4) is 0 Å². The van der Waals surface area contributed by atoms with E-state index in [0.29, 0.717) is 22.2 Å². The highest BCUT2D eigenvalue weighted by Gasteiger charge is 2.33. The molecule has 8 nitrogen and oxygen atoms in total. The van der Waals surface area contributed by atoms with Crippen molar-refractivity contribution in [3.05, 3.63) is 59.4 Å². The zero-order chi connectivity index (χ0) is 17.6. The van der Waals surface area contributed by atoms with Crippen molar-refractivity contribution in [1.29, 1.82) is 0 Å². The van der Waals surface area contributed by atoms with Crippen LogP contribution in [-0.4, -0.2) is 42.8 Å². The zero-order valence-corrected chi connectivity index (χ0v) is 12.9. The average Bonchev–Trinajstić information content (AvgIpc) is 3.02. The molecule has 124 valence electrons. The minimum Gasteiger partial charge on any atom is -0.480 e. The molecular formula is C17H12N4O4. The molecule has 8 heteroatoms. The van der Waals surface area contributed by atoms with Gasteiger partial charge in [0.15, 0.2) is 0 Å². The number of carbonyl (C=O) groups is 3. The van der Waals surface area contributed by atoms with E-state index in [1.54, 1.807) is 24.3 Å². The molecule has 2 amide bonds. The van der Waals surface area contributed by atoms with E-state index < -0.39 is 17.8 Å². The smallest absolute Gasteiger partial charge is 0.325 e. The Morgan fingerprint density at radius 2 is 1.68 bits per heavy atom. The van der Waals surface area contributed by atoms with Gasteiger partial charge in [-0.1, -0.05) is 29.5 Å². The van der Waals surface area contributed by atoms with Crippen molar-refractivity contribution >= 4 is 28.6 Å². The second-order valence-electron chi connectivity index (χ2n) is 5.71. The molecular weight excluding hydrogens is 324 g/mol. The molecule has 25 heavy (non-hydrogen) atoms. The molecule has 0 radical (unpaired) electrons. The molecule has 2 heterocycles.